The summed E-state index contributed by atoms with van der Waals surface area (Å²) in [6, 6.07) is 11.6. The summed E-state index contributed by atoms with van der Waals surface area (Å²) >= 11 is 6.01. The fraction of sp³-hybridized carbons (Fsp3) is 0.278. The topological polar surface area (TPSA) is 92.5 Å². The lowest BCUT2D eigenvalue weighted by Gasteiger charge is -2.37. The first kappa shape index (κ1) is 19.8. The summed E-state index contributed by atoms with van der Waals surface area (Å²) in [5.74, 6) is -0.836. The molecule has 0 aliphatic carbocycles. The maximum Gasteiger partial charge on any atom is 0.244 e. The number of anilines is 1. The molecule has 2 aromatic carbocycles. The van der Waals surface area contributed by atoms with E-state index in [1.165, 1.54) is 40.7 Å². The minimum atomic E-state index is -3.76. The van der Waals surface area contributed by atoms with Crippen LogP contribution in [-0.2, 0) is 14.8 Å². The van der Waals surface area contributed by atoms with Gasteiger partial charge in [-0.15, -0.1) is 0 Å². The summed E-state index contributed by atoms with van der Waals surface area (Å²) < 4.78 is 39.8. The van der Waals surface area contributed by atoms with Crippen LogP contribution in [0.3, 0.4) is 0 Å². The van der Waals surface area contributed by atoms with Crippen molar-refractivity contribution < 1.29 is 17.6 Å². The zero-order chi connectivity index (χ0) is 19.7. The third-order valence-corrected chi connectivity index (χ3v) is 7.02. The quantitative estimate of drug-likeness (QED) is 0.808. The Morgan fingerprint density at radius 1 is 1.11 bits per heavy atom. The molecule has 0 spiro atoms. The smallest absolute Gasteiger partial charge is 0.244 e. The van der Waals surface area contributed by atoms with Crippen LogP contribution >= 0.6 is 11.6 Å². The second-order valence-corrected chi connectivity index (χ2v) is 8.77. The molecule has 3 rings (SSSR count). The number of benzene rings is 2. The number of hydrogen-bond donors (Lipinski definition) is 2. The van der Waals surface area contributed by atoms with Crippen molar-refractivity contribution in [1.29, 1.82) is 0 Å². The molecule has 1 amide bonds. The number of nitrogens with zero attached hydrogens (tertiary/aromatic N) is 1. The first-order chi connectivity index (χ1) is 12.7. The van der Waals surface area contributed by atoms with Gasteiger partial charge in [0.05, 0.1) is 10.6 Å². The van der Waals surface area contributed by atoms with E-state index in [0.717, 1.165) is 0 Å². The predicted molar refractivity (Wildman–Crippen MR) is 101 cm³/mol. The maximum atomic E-state index is 13.0. The Hall–Kier alpha value is -2.00. The van der Waals surface area contributed by atoms with Gasteiger partial charge >= 0.3 is 0 Å². The van der Waals surface area contributed by atoms with Crippen LogP contribution in [0.4, 0.5) is 10.1 Å². The number of piperidine rings is 1. The monoisotopic (exact) mass is 411 g/mol. The van der Waals surface area contributed by atoms with Crippen LogP contribution in [0, 0.1) is 5.82 Å². The first-order valence-electron chi connectivity index (χ1n) is 8.33. The highest BCUT2D eigenvalue weighted by Crippen LogP contribution is 2.29. The molecule has 0 unspecified atom stereocenters. The van der Waals surface area contributed by atoms with Crippen LogP contribution in [0.1, 0.15) is 12.8 Å². The Morgan fingerprint density at radius 3 is 2.30 bits per heavy atom. The van der Waals surface area contributed by atoms with E-state index in [1.807, 2.05) is 0 Å². The van der Waals surface area contributed by atoms with Crippen LogP contribution < -0.4 is 11.1 Å². The molecule has 0 aromatic heterocycles. The predicted octanol–water partition coefficient (Wildman–Crippen LogP) is 2.60. The average Bonchev–Trinajstić information content (AvgIpc) is 2.64. The number of nitrogens with one attached hydrogen (secondary N) is 1. The zero-order valence-corrected chi connectivity index (χ0v) is 15.9. The molecule has 0 atom stereocenters. The lowest BCUT2D eigenvalue weighted by Crippen LogP contribution is -2.58. The van der Waals surface area contributed by atoms with Crippen molar-refractivity contribution in [2.75, 3.05) is 18.4 Å². The molecule has 6 nitrogen and oxygen atoms in total. The second-order valence-electron chi connectivity index (χ2n) is 6.45. The van der Waals surface area contributed by atoms with Crippen molar-refractivity contribution in [3.63, 3.8) is 0 Å². The van der Waals surface area contributed by atoms with Crippen LogP contribution in [0.2, 0.25) is 5.02 Å². The van der Waals surface area contributed by atoms with E-state index in [-0.39, 0.29) is 35.8 Å². The van der Waals surface area contributed by atoms with Gasteiger partial charge in [0.25, 0.3) is 0 Å². The number of sulfonamides is 1. The Labute approximate surface area is 162 Å². The summed E-state index contributed by atoms with van der Waals surface area (Å²) in [5.41, 5.74) is 5.44. The zero-order valence-electron chi connectivity index (χ0n) is 14.4. The van der Waals surface area contributed by atoms with Crippen molar-refractivity contribution in [3.05, 3.63) is 59.4 Å². The molecule has 0 radical (unpaired) electrons. The lowest BCUT2D eigenvalue weighted by atomic mass is 9.88. The molecule has 1 fully saturated rings. The molecular weight excluding hydrogens is 393 g/mol. The molecule has 1 aliphatic heterocycles. The van der Waals surface area contributed by atoms with Crippen molar-refractivity contribution in [1.82, 2.24) is 4.31 Å². The Balaban J connectivity index is 1.69. The normalized spacial score (nSPS) is 17.4. The van der Waals surface area contributed by atoms with Gasteiger partial charge in [0.2, 0.25) is 15.9 Å². The molecule has 27 heavy (non-hydrogen) atoms. The standard InChI is InChI=1S/C18H19ClFN3O3S/c19-15-3-1-2-4-16(15)27(25,26)23-11-9-18(21,10-12-23)17(24)22-14-7-5-13(20)6-8-14/h1-8H,9-12,21H2,(H,22,24). The SMILES string of the molecule is NC1(C(=O)Nc2ccc(F)cc2)CCN(S(=O)(=O)c2ccccc2Cl)CC1. The first-order valence-corrected chi connectivity index (χ1v) is 10.1. The van der Waals surface area contributed by atoms with Gasteiger partial charge in [-0.05, 0) is 49.2 Å². The highest BCUT2D eigenvalue weighted by Gasteiger charge is 2.41. The van der Waals surface area contributed by atoms with Crippen LogP contribution in [0.5, 0.6) is 0 Å². The van der Waals surface area contributed by atoms with Crippen molar-refractivity contribution >= 4 is 33.2 Å². The number of hydrogen-bond acceptors (Lipinski definition) is 4. The van der Waals surface area contributed by atoms with Crippen molar-refractivity contribution in [2.45, 2.75) is 23.3 Å². The molecule has 0 saturated carbocycles. The molecule has 1 saturated heterocycles. The number of amides is 1. The fourth-order valence-corrected chi connectivity index (χ4v) is 4.87. The summed E-state index contributed by atoms with van der Waals surface area (Å²) in [5, 5.41) is 2.80. The summed E-state index contributed by atoms with van der Waals surface area (Å²) in [4.78, 5) is 12.6. The van der Waals surface area contributed by atoms with E-state index in [0.29, 0.717) is 5.69 Å². The number of rotatable bonds is 4. The molecular formula is C18H19ClFN3O3S. The Kier molecular flexibility index (Phi) is 5.53. The van der Waals surface area contributed by atoms with Gasteiger partial charge in [0.1, 0.15) is 10.7 Å². The molecule has 0 bridgehead atoms. The van der Waals surface area contributed by atoms with Gasteiger partial charge in [-0.3, -0.25) is 4.79 Å². The molecule has 144 valence electrons. The highest BCUT2D eigenvalue weighted by atomic mass is 35.5. The highest BCUT2D eigenvalue weighted by molar-refractivity contribution is 7.89. The Morgan fingerprint density at radius 2 is 1.70 bits per heavy atom. The van der Waals surface area contributed by atoms with Crippen molar-refractivity contribution in [2.24, 2.45) is 5.73 Å². The van der Waals surface area contributed by atoms with Gasteiger partial charge in [0, 0.05) is 18.8 Å². The average molecular weight is 412 g/mol. The number of carbonyl (C=O) groups excluding carboxylic acids is 1. The van der Waals surface area contributed by atoms with E-state index < -0.39 is 27.3 Å². The molecule has 1 heterocycles. The minimum absolute atomic E-state index is 0.0342. The third-order valence-electron chi connectivity index (χ3n) is 4.62. The van der Waals surface area contributed by atoms with E-state index in [2.05, 4.69) is 5.32 Å². The number of nitrogens with two attached hydrogens (primary N) is 1. The Bertz CT molecular complexity index is 943. The fourth-order valence-electron chi connectivity index (χ4n) is 2.93. The van der Waals surface area contributed by atoms with E-state index >= 15 is 0 Å². The van der Waals surface area contributed by atoms with E-state index in [9.17, 15) is 17.6 Å². The van der Waals surface area contributed by atoms with Crippen molar-refractivity contribution in [3.8, 4) is 0 Å². The number of carbonyl (C=O) groups is 1. The van der Waals surface area contributed by atoms with Crippen LogP contribution in [0.15, 0.2) is 53.4 Å². The number of halogens is 2. The van der Waals surface area contributed by atoms with Gasteiger partial charge in [-0.2, -0.15) is 4.31 Å². The van der Waals surface area contributed by atoms with Gasteiger partial charge in [-0.1, -0.05) is 23.7 Å². The molecule has 1 aliphatic rings. The third kappa shape index (κ3) is 4.14. The van der Waals surface area contributed by atoms with Crippen LogP contribution in [-0.4, -0.2) is 37.3 Å². The second kappa shape index (κ2) is 7.55. The maximum absolute atomic E-state index is 13.0. The van der Waals surface area contributed by atoms with E-state index in [1.54, 1.807) is 12.1 Å². The van der Waals surface area contributed by atoms with Gasteiger partial charge in [0.15, 0.2) is 0 Å². The molecule has 3 N–H and O–H groups in total. The lowest BCUT2D eigenvalue weighted by molar-refractivity contribution is -0.122. The minimum Gasteiger partial charge on any atom is -0.324 e. The summed E-state index contributed by atoms with van der Waals surface area (Å²) in [6.07, 6.45) is 0.313. The van der Waals surface area contributed by atoms with Crippen LogP contribution in [0.25, 0.3) is 0 Å². The summed E-state index contributed by atoms with van der Waals surface area (Å²) in [6.45, 7) is 0.196. The van der Waals surface area contributed by atoms with Gasteiger partial charge < -0.3 is 11.1 Å². The van der Waals surface area contributed by atoms with Gasteiger partial charge in [-0.25, -0.2) is 12.8 Å². The largest absolute Gasteiger partial charge is 0.324 e. The molecule has 2 aromatic rings. The van der Waals surface area contributed by atoms with E-state index in [4.69, 9.17) is 17.3 Å². The summed E-state index contributed by atoms with van der Waals surface area (Å²) in [7, 11) is -3.76. The molecule has 9 heteroatoms.